The number of rotatable bonds is 7. The van der Waals surface area contributed by atoms with Crippen LogP contribution in [-0.2, 0) is 4.79 Å². The van der Waals surface area contributed by atoms with Gasteiger partial charge in [-0.1, -0.05) is 42.5 Å². The molecule has 1 unspecified atom stereocenters. The van der Waals surface area contributed by atoms with E-state index < -0.39 is 0 Å². The van der Waals surface area contributed by atoms with Crippen LogP contribution in [0.5, 0.6) is 0 Å². The maximum Gasteiger partial charge on any atom is 0.244 e. The van der Waals surface area contributed by atoms with Crippen molar-refractivity contribution in [2.45, 2.75) is 19.3 Å². The van der Waals surface area contributed by atoms with Crippen LogP contribution < -0.4 is 5.32 Å². The summed E-state index contributed by atoms with van der Waals surface area (Å²) in [5.74, 6) is -0.430. The van der Waals surface area contributed by atoms with Gasteiger partial charge in [0, 0.05) is 25.1 Å². The second-order valence-electron chi connectivity index (χ2n) is 5.70. The van der Waals surface area contributed by atoms with E-state index in [2.05, 4.69) is 5.32 Å². The standard InChI is InChI=1S/C20H22FNO2/c1-15(16-7-9-19(21)10-8-16)13-20(24)22-14-18(11-12-23)17-5-3-2-4-6-17/h2-10,13,18,23H,11-12,14H2,1H3,(H,22,24)/b15-13-. The van der Waals surface area contributed by atoms with Crippen LogP contribution in [0.4, 0.5) is 4.39 Å². The average Bonchev–Trinajstić information content (AvgIpc) is 2.60. The van der Waals surface area contributed by atoms with Crippen molar-refractivity contribution in [3.63, 3.8) is 0 Å². The molecule has 0 bridgehead atoms. The highest BCUT2D eigenvalue weighted by Gasteiger charge is 2.12. The van der Waals surface area contributed by atoms with E-state index >= 15 is 0 Å². The monoisotopic (exact) mass is 327 g/mol. The summed E-state index contributed by atoms with van der Waals surface area (Å²) in [7, 11) is 0. The summed E-state index contributed by atoms with van der Waals surface area (Å²) in [5, 5.41) is 12.1. The smallest absolute Gasteiger partial charge is 0.244 e. The number of hydrogen-bond acceptors (Lipinski definition) is 2. The Morgan fingerprint density at radius 2 is 1.83 bits per heavy atom. The minimum Gasteiger partial charge on any atom is -0.396 e. The molecule has 24 heavy (non-hydrogen) atoms. The van der Waals surface area contributed by atoms with E-state index in [0.717, 1.165) is 16.7 Å². The quantitative estimate of drug-likeness (QED) is 0.765. The lowest BCUT2D eigenvalue weighted by Gasteiger charge is -2.16. The van der Waals surface area contributed by atoms with Gasteiger partial charge in [-0.15, -0.1) is 0 Å². The van der Waals surface area contributed by atoms with Crippen molar-refractivity contribution in [3.8, 4) is 0 Å². The number of halogens is 1. The van der Waals surface area contributed by atoms with Crippen LogP contribution in [0.1, 0.15) is 30.4 Å². The number of aliphatic hydroxyl groups is 1. The van der Waals surface area contributed by atoms with Crippen molar-refractivity contribution >= 4 is 11.5 Å². The number of nitrogens with one attached hydrogen (secondary N) is 1. The molecule has 4 heteroatoms. The maximum absolute atomic E-state index is 12.9. The summed E-state index contributed by atoms with van der Waals surface area (Å²) < 4.78 is 12.9. The third kappa shape index (κ3) is 5.32. The van der Waals surface area contributed by atoms with Crippen molar-refractivity contribution in [2.75, 3.05) is 13.2 Å². The van der Waals surface area contributed by atoms with Crippen molar-refractivity contribution in [1.29, 1.82) is 0 Å². The Balaban J connectivity index is 1.97. The van der Waals surface area contributed by atoms with Gasteiger partial charge >= 0.3 is 0 Å². The van der Waals surface area contributed by atoms with E-state index in [1.165, 1.54) is 18.2 Å². The molecule has 0 heterocycles. The molecule has 0 radical (unpaired) electrons. The molecule has 0 aliphatic rings. The van der Waals surface area contributed by atoms with Crippen LogP contribution >= 0.6 is 0 Å². The molecule has 126 valence electrons. The third-order valence-electron chi connectivity index (χ3n) is 3.92. The second-order valence-corrected chi connectivity index (χ2v) is 5.70. The molecule has 0 saturated heterocycles. The highest BCUT2D eigenvalue weighted by Crippen LogP contribution is 2.18. The highest BCUT2D eigenvalue weighted by molar-refractivity contribution is 5.94. The Morgan fingerprint density at radius 3 is 2.46 bits per heavy atom. The summed E-state index contributed by atoms with van der Waals surface area (Å²) in [6, 6.07) is 15.8. The van der Waals surface area contributed by atoms with E-state index in [4.69, 9.17) is 0 Å². The Bertz CT molecular complexity index is 681. The first-order chi connectivity index (χ1) is 11.6. The fourth-order valence-corrected chi connectivity index (χ4v) is 2.54. The number of allylic oxidation sites excluding steroid dienone is 1. The number of hydrogen-bond donors (Lipinski definition) is 2. The predicted molar refractivity (Wildman–Crippen MR) is 93.9 cm³/mol. The number of benzene rings is 2. The molecule has 2 aromatic rings. The Hall–Kier alpha value is -2.46. The minimum absolute atomic E-state index is 0.0691. The molecular weight excluding hydrogens is 305 g/mol. The number of aliphatic hydroxyl groups excluding tert-OH is 1. The first-order valence-corrected chi connectivity index (χ1v) is 7.98. The molecule has 2 rings (SSSR count). The molecule has 0 aliphatic heterocycles. The van der Waals surface area contributed by atoms with Crippen molar-refractivity contribution in [1.82, 2.24) is 5.32 Å². The van der Waals surface area contributed by atoms with Crippen LogP contribution in [0.25, 0.3) is 5.57 Å². The lowest BCUT2D eigenvalue weighted by Crippen LogP contribution is -2.27. The summed E-state index contributed by atoms with van der Waals surface area (Å²) in [4.78, 5) is 12.1. The summed E-state index contributed by atoms with van der Waals surface area (Å²) >= 11 is 0. The van der Waals surface area contributed by atoms with E-state index in [1.54, 1.807) is 12.1 Å². The van der Waals surface area contributed by atoms with Crippen molar-refractivity contribution in [2.24, 2.45) is 0 Å². The Kier molecular flexibility index (Phi) is 6.70. The lowest BCUT2D eigenvalue weighted by molar-refractivity contribution is -0.116. The Labute approximate surface area is 141 Å². The van der Waals surface area contributed by atoms with Crippen LogP contribution in [0, 0.1) is 5.82 Å². The lowest BCUT2D eigenvalue weighted by atomic mass is 9.96. The first-order valence-electron chi connectivity index (χ1n) is 7.98. The molecular formula is C20H22FNO2. The van der Waals surface area contributed by atoms with Gasteiger partial charge < -0.3 is 10.4 Å². The minimum atomic E-state index is -0.300. The van der Waals surface area contributed by atoms with E-state index in [-0.39, 0.29) is 24.2 Å². The zero-order valence-electron chi connectivity index (χ0n) is 13.7. The van der Waals surface area contributed by atoms with Crippen molar-refractivity contribution < 1.29 is 14.3 Å². The molecule has 3 nitrogen and oxygen atoms in total. The van der Waals surface area contributed by atoms with Gasteiger partial charge in [0.15, 0.2) is 0 Å². The molecule has 0 aliphatic carbocycles. The van der Waals surface area contributed by atoms with E-state index in [1.807, 2.05) is 37.3 Å². The maximum atomic E-state index is 12.9. The molecule has 0 fully saturated rings. The normalized spacial score (nSPS) is 12.7. The van der Waals surface area contributed by atoms with Gasteiger partial charge in [-0.25, -0.2) is 4.39 Å². The summed E-state index contributed by atoms with van der Waals surface area (Å²) in [5.41, 5.74) is 2.67. The Morgan fingerprint density at radius 1 is 1.17 bits per heavy atom. The van der Waals surface area contributed by atoms with Gasteiger partial charge in [0.25, 0.3) is 0 Å². The number of amides is 1. The molecule has 1 atom stereocenters. The van der Waals surface area contributed by atoms with Gasteiger partial charge in [-0.3, -0.25) is 4.79 Å². The average molecular weight is 327 g/mol. The third-order valence-corrected chi connectivity index (χ3v) is 3.92. The van der Waals surface area contributed by atoms with Gasteiger partial charge in [0.1, 0.15) is 5.82 Å². The topological polar surface area (TPSA) is 49.3 Å². The first kappa shape index (κ1) is 17.9. The highest BCUT2D eigenvalue weighted by atomic mass is 19.1. The molecule has 2 aromatic carbocycles. The predicted octanol–water partition coefficient (Wildman–Crippen LogP) is 3.51. The van der Waals surface area contributed by atoms with E-state index in [9.17, 15) is 14.3 Å². The van der Waals surface area contributed by atoms with E-state index in [0.29, 0.717) is 13.0 Å². The fraction of sp³-hybridized carbons (Fsp3) is 0.250. The molecule has 1 amide bonds. The van der Waals surface area contributed by atoms with Gasteiger partial charge in [0.2, 0.25) is 5.91 Å². The van der Waals surface area contributed by atoms with Crippen LogP contribution in [0.3, 0.4) is 0 Å². The van der Waals surface area contributed by atoms with Crippen LogP contribution in [0.2, 0.25) is 0 Å². The zero-order chi connectivity index (χ0) is 17.4. The molecule has 0 saturated carbocycles. The van der Waals surface area contributed by atoms with Gasteiger partial charge in [-0.05, 0) is 42.2 Å². The number of carbonyl (C=O) groups excluding carboxylic acids is 1. The largest absolute Gasteiger partial charge is 0.396 e. The molecule has 0 aromatic heterocycles. The zero-order valence-corrected chi connectivity index (χ0v) is 13.7. The molecule has 0 spiro atoms. The van der Waals surface area contributed by atoms with Crippen molar-refractivity contribution in [3.05, 3.63) is 77.6 Å². The van der Waals surface area contributed by atoms with Gasteiger partial charge in [-0.2, -0.15) is 0 Å². The number of carbonyl (C=O) groups is 1. The fourth-order valence-electron chi connectivity index (χ4n) is 2.54. The van der Waals surface area contributed by atoms with Crippen LogP contribution in [0.15, 0.2) is 60.7 Å². The van der Waals surface area contributed by atoms with Crippen LogP contribution in [-0.4, -0.2) is 24.2 Å². The SMILES string of the molecule is C/C(=C/C(=O)NCC(CCO)c1ccccc1)c1ccc(F)cc1. The summed E-state index contributed by atoms with van der Waals surface area (Å²) in [6.45, 7) is 2.34. The van der Waals surface area contributed by atoms with Gasteiger partial charge in [0.05, 0.1) is 0 Å². The molecule has 2 N–H and O–H groups in total. The second kappa shape index (κ2) is 8.99. The summed E-state index contributed by atoms with van der Waals surface area (Å²) in [6.07, 6.45) is 2.10.